The Balaban J connectivity index is 1.02. The summed E-state index contributed by atoms with van der Waals surface area (Å²) in [5.41, 5.74) is 4.19. The summed E-state index contributed by atoms with van der Waals surface area (Å²) < 4.78 is 113. The lowest BCUT2D eigenvalue weighted by Crippen LogP contribution is -2.65. The topological polar surface area (TPSA) is 102 Å². The molecule has 6 aromatic rings. The van der Waals surface area contributed by atoms with E-state index in [9.17, 15) is 13.2 Å². The van der Waals surface area contributed by atoms with Crippen molar-refractivity contribution in [2.75, 3.05) is 26.9 Å². The van der Waals surface area contributed by atoms with Gasteiger partial charge in [-0.05, 0) is 46.5 Å². The molecule has 0 bridgehead atoms. The van der Waals surface area contributed by atoms with Gasteiger partial charge in [0.05, 0.1) is 45.2 Å². The first-order valence-electron chi connectivity index (χ1n) is 24.0. The summed E-state index contributed by atoms with van der Waals surface area (Å²) in [5, 5.41) is 0. The van der Waals surface area contributed by atoms with E-state index in [0.717, 1.165) is 39.9 Å². The quantitative estimate of drug-likeness (QED) is 0.0726. The second-order valence-corrected chi connectivity index (χ2v) is 17.5. The van der Waals surface area contributed by atoms with Gasteiger partial charge >= 0.3 is 6.18 Å². The molecule has 3 aliphatic rings. The van der Waals surface area contributed by atoms with E-state index in [-0.39, 0.29) is 46.2 Å². The van der Waals surface area contributed by atoms with Crippen LogP contribution in [0.2, 0.25) is 0 Å². The van der Waals surface area contributed by atoms with Gasteiger partial charge in [0.2, 0.25) is 0 Å². The first-order chi connectivity index (χ1) is 35.3. The number of alkyl halides is 3. The van der Waals surface area contributed by atoms with Crippen LogP contribution in [0.25, 0.3) is 0 Å². The molecule has 0 N–H and O–H groups in total. The van der Waals surface area contributed by atoms with Gasteiger partial charge in [0.15, 0.2) is 18.9 Å². The minimum absolute atomic E-state index is 0.102. The zero-order valence-electron chi connectivity index (χ0n) is 39.7. The third-order valence-electron chi connectivity index (χ3n) is 12.5. The highest BCUT2D eigenvalue weighted by Crippen LogP contribution is 2.38. The summed E-state index contributed by atoms with van der Waals surface area (Å²) in [4.78, 5) is 0. The lowest BCUT2D eigenvalue weighted by molar-refractivity contribution is -0.378. The molecule has 9 rings (SSSR count). The number of rotatable bonds is 19. The van der Waals surface area contributed by atoms with Crippen LogP contribution in [0, 0.1) is 11.8 Å². The molecule has 0 aliphatic carbocycles. The zero-order valence-corrected chi connectivity index (χ0v) is 39.7. The lowest BCUT2D eigenvalue weighted by Gasteiger charge is -2.49. The van der Waals surface area contributed by atoms with E-state index in [1.807, 2.05) is 152 Å². The molecule has 3 aliphatic heterocycles. The van der Waals surface area contributed by atoms with E-state index < -0.39 is 79.4 Å². The smallest absolute Gasteiger partial charge is 0.368 e. The summed E-state index contributed by atoms with van der Waals surface area (Å²) >= 11 is 0. The molecule has 0 saturated carbocycles. The molecule has 6 aromatic carbocycles. The molecule has 3 saturated heterocycles. The molecule has 376 valence electrons. The normalized spacial score (nSPS) is 26.2. The van der Waals surface area contributed by atoms with Gasteiger partial charge in [-0.15, -0.1) is 0 Å². The Morgan fingerprint density at radius 1 is 0.500 bits per heavy atom. The van der Waals surface area contributed by atoms with Gasteiger partial charge in [-0.2, -0.15) is 13.2 Å². The molecule has 0 aromatic heterocycles. The van der Waals surface area contributed by atoms with Crippen LogP contribution in [0.1, 0.15) is 45.2 Å². The number of methoxy groups -OCH3 is 1. The minimum atomic E-state index is -4.47. The van der Waals surface area contributed by atoms with Crippen molar-refractivity contribution in [2.45, 2.75) is 100 Å². The number of hydrogen-bond acceptors (Lipinski definition) is 11. The Bertz CT molecular complexity index is 2590. The van der Waals surface area contributed by atoms with Crippen molar-refractivity contribution in [3.63, 3.8) is 0 Å². The maximum absolute atomic E-state index is 13.3. The standard InChI is InChI=1S/C58H57F3O11/c1-62-56-53(67-37-44-24-13-5-14-25-44)51(65-35-42-20-9-3-10-21-42)49(64-34-41-18-7-2-8-19-41)47(70-56)38-69-57-54(63-33-17-26-40-29-31-46(32-30-40)58(59,60)61)52(66-36-43-22-11-4-12-23-43)50-48(71-57)39-68-55(72-50)45-27-15-6-16-28-45/h2-16,18-25,27-32,47-57H,33-39H2,1H3/t47-,48-,49-,50-,51+,52+,53-,54+,55?,56+,57-/m1/s1. The summed E-state index contributed by atoms with van der Waals surface area (Å²) in [6, 6.07) is 53.4. The van der Waals surface area contributed by atoms with Gasteiger partial charge in [-0.1, -0.05) is 164 Å². The van der Waals surface area contributed by atoms with Crippen LogP contribution >= 0.6 is 0 Å². The van der Waals surface area contributed by atoms with E-state index in [4.69, 9.17) is 52.1 Å². The van der Waals surface area contributed by atoms with Crippen LogP contribution in [0.3, 0.4) is 0 Å². The molecule has 0 amide bonds. The van der Waals surface area contributed by atoms with Gasteiger partial charge < -0.3 is 52.1 Å². The van der Waals surface area contributed by atoms with Gasteiger partial charge in [-0.3, -0.25) is 0 Å². The van der Waals surface area contributed by atoms with Crippen LogP contribution in [-0.4, -0.2) is 88.3 Å². The van der Waals surface area contributed by atoms with Crippen LogP contribution in [0.15, 0.2) is 176 Å². The molecular weight excluding hydrogens is 930 g/mol. The second-order valence-electron chi connectivity index (χ2n) is 17.5. The molecular formula is C58H57F3O11. The Morgan fingerprint density at radius 2 is 0.986 bits per heavy atom. The van der Waals surface area contributed by atoms with Crippen molar-refractivity contribution in [3.8, 4) is 11.8 Å². The average Bonchev–Trinajstić information content (AvgIpc) is 3.42. The first kappa shape index (κ1) is 51.1. The van der Waals surface area contributed by atoms with Crippen molar-refractivity contribution in [3.05, 3.63) is 215 Å². The van der Waals surface area contributed by atoms with Crippen LogP contribution < -0.4 is 0 Å². The molecule has 11 atom stereocenters. The SMILES string of the molecule is CO[C@H]1O[C@H](CO[C@@H]2O[C@@H]3COC(c4ccccc4)O[C@H]3[C@H](OCc3ccccc3)[C@@H]2OCC#Cc2ccc(C(F)(F)F)cc2)[C@@H](OCc2ccccc2)[C@H](OCc2ccccc2)[C@H]1OCc1ccccc1. The summed E-state index contributed by atoms with van der Waals surface area (Å²) in [5.74, 6) is 5.90. The summed E-state index contributed by atoms with van der Waals surface area (Å²) in [6.07, 6.45) is -13.5. The van der Waals surface area contributed by atoms with Crippen LogP contribution in [0.5, 0.6) is 0 Å². The predicted octanol–water partition coefficient (Wildman–Crippen LogP) is 10.0. The summed E-state index contributed by atoms with van der Waals surface area (Å²) in [6.45, 7) is 0.786. The van der Waals surface area contributed by atoms with Crippen molar-refractivity contribution in [1.29, 1.82) is 0 Å². The van der Waals surface area contributed by atoms with E-state index in [2.05, 4.69) is 11.8 Å². The molecule has 1 unspecified atom stereocenters. The van der Waals surface area contributed by atoms with Crippen molar-refractivity contribution in [2.24, 2.45) is 0 Å². The number of ether oxygens (including phenoxy) is 11. The van der Waals surface area contributed by atoms with Crippen LogP contribution in [-0.2, 0) is 84.7 Å². The highest BCUT2D eigenvalue weighted by atomic mass is 19.4. The maximum atomic E-state index is 13.3. The third kappa shape index (κ3) is 13.6. The van der Waals surface area contributed by atoms with Crippen molar-refractivity contribution in [1.82, 2.24) is 0 Å². The van der Waals surface area contributed by atoms with Gasteiger partial charge in [0.1, 0.15) is 55.4 Å². The highest BCUT2D eigenvalue weighted by Gasteiger charge is 2.54. The number of fused-ring (bicyclic) bond motifs is 1. The first-order valence-corrected chi connectivity index (χ1v) is 24.0. The molecule has 72 heavy (non-hydrogen) atoms. The Kier molecular flexibility index (Phi) is 17.9. The summed E-state index contributed by atoms with van der Waals surface area (Å²) in [7, 11) is 1.56. The zero-order chi connectivity index (χ0) is 49.5. The third-order valence-corrected chi connectivity index (χ3v) is 12.5. The Hall–Kier alpha value is -5.77. The largest absolute Gasteiger partial charge is 0.416 e. The monoisotopic (exact) mass is 986 g/mol. The Morgan fingerprint density at radius 3 is 1.51 bits per heavy atom. The molecule has 3 fully saturated rings. The molecule has 0 spiro atoms. The van der Waals surface area contributed by atoms with E-state index in [1.54, 1.807) is 7.11 Å². The fourth-order valence-corrected chi connectivity index (χ4v) is 8.87. The maximum Gasteiger partial charge on any atom is 0.416 e. The van der Waals surface area contributed by atoms with Crippen molar-refractivity contribution < 1.29 is 65.3 Å². The molecule has 0 radical (unpaired) electrons. The molecule has 11 nitrogen and oxygen atoms in total. The number of hydrogen-bond donors (Lipinski definition) is 0. The Labute approximate surface area is 417 Å². The average molecular weight is 987 g/mol. The van der Waals surface area contributed by atoms with Gasteiger partial charge in [-0.25, -0.2) is 0 Å². The predicted molar refractivity (Wildman–Crippen MR) is 258 cm³/mol. The number of halogens is 3. The molecule has 14 heteroatoms. The number of benzene rings is 6. The fourth-order valence-electron chi connectivity index (χ4n) is 8.87. The van der Waals surface area contributed by atoms with Gasteiger partial charge in [0.25, 0.3) is 0 Å². The minimum Gasteiger partial charge on any atom is -0.368 e. The highest BCUT2D eigenvalue weighted by molar-refractivity contribution is 5.37. The van der Waals surface area contributed by atoms with E-state index in [1.165, 1.54) is 12.1 Å². The van der Waals surface area contributed by atoms with Gasteiger partial charge in [0, 0.05) is 18.2 Å². The fraction of sp³-hybridized carbons (Fsp3) is 0.345. The van der Waals surface area contributed by atoms with Crippen molar-refractivity contribution >= 4 is 0 Å². The molecule has 3 heterocycles. The lowest BCUT2D eigenvalue weighted by atomic mass is 9.96. The van der Waals surface area contributed by atoms with Crippen LogP contribution in [0.4, 0.5) is 13.2 Å². The van der Waals surface area contributed by atoms with E-state index >= 15 is 0 Å². The second kappa shape index (κ2) is 25.3. The van der Waals surface area contributed by atoms with E-state index in [0.29, 0.717) is 5.56 Å².